The maximum Gasteiger partial charge on any atom is 0.167 e. The highest BCUT2D eigenvalue weighted by molar-refractivity contribution is 9.10. The smallest absolute Gasteiger partial charge is 0.167 e. The van der Waals surface area contributed by atoms with Crippen molar-refractivity contribution in [1.82, 2.24) is 0 Å². The summed E-state index contributed by atoms with van der Waals surface area (Å²) >= 11 is 8.58. The lowest BCUT2D eigenvalue weighted by Gasteiger charge is -2.04. The van der Waals surface area contributed by atoms with Gasteiger partial charge in [0, 0.05) is 12.0 Å². The monoisotopic (exact) mass is 344 g/mol. The molecule has 0 N–H and O–H groups in total. The summed E-state index contributed by atoms with van der Waals surface area (Å²) in [6, 6.07) is 8.22. The molecule has 2 rings (SSSR count). The number of carbonyl (C=O) groups is 1. The average Bonchev–Trinajstić information content (AvgIpc) is 2.37. The fourth-order valence-corrected chi connectivity index (χ4v) is 2.10. The van der Waals surface area contributed by atoms with E-state index in [-0.39, 0.29) is 21.7 Å². The Morgan fingerprint density at radius 2 is 1.84 bits per heavy atom. The predicted molar refractivity (Wildman–Crippen MR) is 73.5 cm³/mol. The molecule has 0 radical (unpaired) electrons. The Bertz CT molecular complexity index is 643. The van der Waals surface area contributed by atoms with Crippen molar-refractivity contribution in [3.05, 3.63) is 68.7 Å². The molecule has 2 aromatic carbocycles. The number of hydrogen-bond acceptors (Lipinski definition) is 1. The Balaban J connectivity index is 2.20. The zero-order valence-corrected chi connectivity index (χ0v) is 11.9. The fraction of sp³-hybridized carbons (Fsp3) is 0.0714. The summed E-state index contributed by atoms with van der Waals surface area (Å²) in [6.45, 7) is 0. The second kappa shape index (κ2) is 5.80. The van der Waals surface area contributed by atoms with Crippen LogP contribution in [0, 0.1) is 11.6 Å². The number of hydrogen-bond donors (Lipinski definition) is 0. The summed E-state index contributed by atoms with van der Waals surface area (Å²) in [4.78, 5) is 12.0. The van der Waals surface area contributed by atoms with Crippen molar-refractivity contribution in [2.75, 3.05) is 0 Å². The number of carbonyl (C=O) groups excluding carboxylic acids is 1. The van der Waals surface area contributed by atoms with Crippen LogP contribution in [-0.4, -0.2) is 5.78 Å². The molecule has 0 aromatic heterocycles. The van der Waals surface area contributed by atoms with Gasteiger partial charge in [-0.25, -0.2) is 8.78 Å². The van der Waals surface area contributed by atoms with Crippen LogP contribution in [0.25, 0.3) is 0 Å². The number of halogens is 4. The molecule has 0 unspecified atom stereocenters. The van der Waals surface area contributed by atoms with Crippen LogP contribution in [0.15, 0.2) is 40.9 Å². The van der Waals surface area contributed by atoms with Gasteiger partial charge in [0.2, 0.25) is 0 Å². The first-order chi connectivity index (χ1) is 8.97. The molecular formula is C14H8BrClF2O. The second-order valence-corrected chi connectivity index (χ2v) is 5.24. The molecule has 0 saturated heterocycles. The number of ketones is 1. The lowest BCUT2D eigenvalue weighted by atomic mass is 10.0. The molecule has 0 spiro atoms. The number of Topliss-reactive ketones (excluding diaryl/α,β-unsaturated/α-hetero) is 1. The van der Waals surface area contributed by atoms with Gasteiger partial charge in [-0.15, -0.1) is 0 Å². The largest absolute Gasteiger partial charge is 0.294 e. The molecule has 0 bridgehead atoms. The minimum Gasteiger partial charge on any atom is -0.294 e. The quantitative estimate of drug-likeness (QED) is 0.730. The van der Waals surface area contributed by atoms with Crippen LogP contribution in [0.1, 0.15) is 15.9 Å². The van der Waals surface area contributed by atoms with E-state index >= 15 is 0 Å². The third-order valence-electron chi connectivity index (χ3n) is 2.59. The molecule has 0 aliphatic rings. The zero-order chi connectivity index (χ0) is 14.0. The molecule has 0 atom stereocenters. The van der Waals surface area contributed by atoms with Crippen LogP contribution >= 0.6 is 27.5 Å². The lowest BCUT2D eigenvalue weighted by Crippen LogP contribution is -2.04. The molecule has 0 heterocycles. The van der Waals surface area contributed by atoms with Crippen molar-refractivity contribution >= 4 is 33.3 Å². The van der Waals surface area contributed by atoms with Crippen LogP contribution < -0.4 is 0 Å². The standard InChI is InChI=1S/C14H8BrClF2O/c15-10-7-9(2-4-12(10)17)14(19)6-8-1-3-11(16)13(18)5-8/h1-5,7H,6H2. The van der Waals surface area contributed by atoms with Crippen LogP contribution in [0.5, 0.6) is 0 Å². The molecule has 0 aliphatic carbocycles. The topological polar surface area (TPSA) is 17.1 Å². The summed E-state index contributed by atoms with van der Waals surface area (Å²) in [5.41, 5.74) is 0.885. The Labute approximate surface area is 122 Å². The van der Waals surface area contributed by atoms with E-state index in [4.69, 9.17) is 11.6 Å². The lowest BCUT2D eigenvalue weighted by molar-refractivity contribution is 0.0993. The van der Waals surface area contributed by atoms with Gasteiger partial charge in [-0.3, -0.25) is 4.79 Å². The Morgan fingerprint density at radius 3 is 2.47 bits per heavy atom. The first kappa shape index (κ1) is 14.2. The van der Waals surface area contributed by atoms with Gasteiger partial charge in [0.05, 0.1) is 9.50 Å². The van der Waals surface area contributed by atoms with Crippen LogP contribution in [0.2, 0.25) is 5.02 Å². The van der Waals surface area contributed by atoms with E-state index in [0.29, 0.717) is 11.1 Å². The molecule has 0 aliphatic heterocycles. The predicted octanol–water partition coefficient (Wildman–Crippen LogP) is 4.81. The van der Waals surface area contributed by atoms with E-state index < -0.39 is 11.6 Å². The molecule has 19 heavy (non-hydrogen) atoms. The van der Waals surface area contributed by atoms with Crippen molar-refractivity contribution < 1.29 is 13.6 Å². The van der Waals surface area contributed by atoms with E-state index in [1.807, 2.05) is 0 Å². The van der Waals surface area contributed by atoms with Gasteiger partial charge in [0.1, 0.15) is 11.6 Å². The maximum absolute atomic E-state index is 13.2. The van der Waals surface area contributed by atoms with Crippen molar-refractivity contribution in [3.63, 3.8) is 0 Å². The summed E-state index contributed by atoms with van der Waals surface area (Å²) in [5, 5.41) is 0.0146. The SMILES string of the molecule is O=C(Cc1ccc(Cl)c(F)c1)c1ccc(F)c(Br)c1. The Morgan fingerprint density at radius 1 is 1.11 bits per heavy atom. The highest BCUT2D eigenvalue weighted by Crippen LogP contribution is 2.20. The molecule has 2 aromatic rings. The van der Waals surface area contributed by atoms with Gasteiger partial charge in [0.15, 0.2) is 5.78 Å². The van der Waals surface area contributed by atoms with E-state index in [9.17, 15) is 13.6 Å². The van der Waals surface area contributed by atoms with E-state index in [0.717, 1.165) is 0 Å². The minimum atomic E-state index is -0.563. The summed E-state index contributed by atoms with van der Waals surface area (Å²) < 4.78 is 26.5. The summed E-state index contributed by atoms with van der Waals surface area (Å²) in [6.07, 6.45) is 0.0339. The van der Waals surface area contributed by atoms with Gasteiger partial charge in [-0.2, -0.15) is 0 Å². The summed E-state index contributed by atoms with van der Waals surface area (Å²) in [5.74, 6) is -1.22. The average molecular weight is 346 g/mol. The minimum absolute atomic E-state index is 0.0146. The normalized spacial score (nSPS) is 10.5. The van der Waals surface area contributed by atoms with Gasteiger partial charge < -0.3 is 0 Å². The third-order valence-corrected chi connectivity index (χ3v) is 3.50. The van der Waals surface area contributed by atoms with E-state index in [1.54, 1.807) is 6.07 Å². The van der Waals surface area contributed by atoms with Crippen LogP contribution in [0.4, 0.5) is 8.78 Å². The molecule has 0 saturated carbocycles. The molecule has 0 amide bonds. The maximum atomic E-state index is 13.2. The van der Waals surface area contributed by atoms with Crippen LogP contribution in [-0.2, 0) is 6.42 Å². The fourth-order valence-electron chi connectivity index (χ4n) is 1.61. The van der Waals surface area contributed by atoms with Crippen molar-refractivity contribution in [3.8, 4) is 0 Å². The first-order valence-corrected chi connectivity index (χ1v) is 6.56. The van der Waals surface area contributed by atoms with Crippen molar-refractivity contribution in [2.45, 2.75) is 6.42 Å². The Hall–Kier alpha value is -1.26. The van der Waals surface area contributed by atoms with Gasteiger partial charge >= 0.3 is 0 Å². The van der Waals surface area contributed by atoms with Crippen LogP contribution in [0.3, 0.4) is 0 Å². The van der Waals surface area contributed by atoms with E-state index in [1.165, 1.54) is 30.3 Å². The Kier molecular flexibility index (Phi) is 4.32. The third kappa shape index (κ3) is 3.39. The zero-order valence-electron chi connectivity index (χ0n) is 9.59. The second-order valence-electron chi connectivity index (χ2n) is 3.98. The van der Waals surface area contributed by atoms with Gasteiger partial charge in [-0.1, -0.05) is 17.7 Å². The van der Waals surface area contributed by atoms with E-state index in [2.05, 4.69) is 15.9 Å². The van der Waals surface area contributed by atoms with Crippen molar-refractivity contribution in [2.24, 2.45) is 0 Å². The molecule has 0 fully saturated rings. The first-order valence-electron chi connectivity index (χ1n) is 5.39. The highest BCUT2D eigenvalue weighted by atomic mass is 79.9. The molecular weight excluding hydrogens is 338 g/mol. The van der Waals surface area contributed by atoms with Crippen molar-refractivity contribution in [1.29, 1.82) is 0 Å². The van der Waals surface area contributed by atoms with Gasteiger partial charge in [0.25, 0.3) is 0 Å². The molecule has 98 valence electrons. The number of benzene rings is 2. The molecule has 1 nitrogen and oxygen atoms in total. The number of rotatable bonds is 3. The highest BCUT2D eigenvalue weighted by Gasteiger charge is 2.11. The molecule has 5 heteroatoms. The summed E-state index contributed by atoms with van der Waals surface area (Å²) in [7, 11) is 0. The van der Waals surface area contributed by atoms with Gasteiger partial charge in [-0.05, 0) is 51.8 Å².